The Morgan fingerprint density at radius 2 is 2.25 bits per heavy atom. The highest BCUT2D eigenvalue weighted by atomic mass is 15.4. The molecule has 2 aromatic rings. The van der Waals surface area contributed by atoms with Gasteiger partial charge in [-0.15, -0.1) is 10.2 Å². The van der Waals surface area contributed by atoms with Crippen molar-refractivity contribution in [3.05, 3.63) is 24.3 Å². The van der Waals surface area contributed by atoms with E-state index >= 15 is 0 Å². The molecule has 0 aliphatic heterocycles. The maximum atomic E-state index is 4.21. The summed E-state index contributed by atoms with van der Waals surface area (Å²) in [6.45, 7) is 1.94. The van der Waals surface area contributed by atoms with E-state index in [-0.39, 0.29) is 0 Å². The fourth-order valence-corrected chi connectivity index (χ4v) is 1.01. The van der Waals surface area contributed by atoms with Gasteiger partial charge in [0.2, 0.25) is 0 Å². The molecule has 0 spiro atoms. The van der Waals surface area contributed by atoms with E-state index in [1.165, 1.54) is 0 Å². The Morgan fingerprint density at radius 1 is 1.42 bits per heavy atom. The second kappa shape index (κ2) is 2.44. The Bertz CT molecular complexity index is 386. The molecule has 0 aromatic carbocycles. The molecule has 0 amide bonds. The predicted molar refractivity (Wildman–Crippen MR) is 42.9 cm³/mol. The molecule has 0 aliphatic rings. The number of aromatic nitrogens is 5. The highest BCUT2D eigenvalue weighted by Gasteiger charge is 2.02. The monoisotopic (exact) mass is 163 g/mol. The quantitative estimate of drug-likeness (QED) is 0.607. The number of hydrogen-bond acceptors (Lipinski definition) is 3. The zero-order valence-electron chi connectivity index (χ0n) is 6.97. The van der Waals surface area contributed by atoms with Crippen molar-refractivity contribution < 1.29 is 0 Å². The largest absolute Gasteiger partial charge is 0.301 e. The molecular weight excluding hydrogens is 154 g/mol. The molecule has 0 unspecified atom stereocenters. The van der Waals surface area contributed by atoms with Crippen LogP contribution in [0.2, 0.25) is 0 Å². The minimum absolute atomic E-state index is 0.725. The lowest BCUT2D eigenvalue weighted by atomic mass is 10.5. The molecule has 2 rings (SSSR count). The van der Waals surface area contributed by atoms with Crippen LogP contribution in [0.4, 0.5) is 0 Å². The van der Waals surface area contributed by atoms with Gasteiger partial charge in [-0.1, -0.05) is 0 Å². The van der Waals surface area contributed by atoms with Crippen molar-refractivity contribution in [1.29, 1.82) is 0 Å². The van der Waals surface area contributed by atoms with Gasteiger partial charge in [0.15, 0.2) is 0 Å². The maximum Gasteiger partial charge on any atom is 0.251 e. The molecule has 0 bridgehead atoms. The lowest BCUT2D eigenvalue weighted by molar-refractivity contribution is 0.742. The zero-order valence-corrected chi connectivity index (χ0v) is 6.97. The molecule has 0 fully saturated rings. The smallest absolute Gasteiger partial charge is 0.251 e. The van der Waals surface area contributed by atoms with Gasteiger partial charge >= 0.3 is 0 Å². The summed E-state index contributed by atoms with van der Waals surface area (Å²) in [6.07, 6.45) is 3.51. The van der Waals surface area contributed by atoms with Crippen LogP contribution in [0, 0.1) is 6.92 Å². The van der Waals surface area contributed by atoms with E-state index in [2.05, 4.69) is 15.3 Å². The van der Waals surface area contributed by atoms with E-state index in [1.807, 2.05) is 30.8 Å². The topological polar surface area (TPSA) is 48.5 Å². The highest BCUT2D eigenvalue weighted by Crippen LogP contribution is 2.00. The number of hydrogen-bond donors (Lipinski definition) is 0. The molecule has 0 radical (unpaired) electrons. The van der Waals surface area contributed by atoms with Crippen molar-refractivity contribution in [2.24, 2.45) is 7.05 Å². The summed E-state index contributed by atoms with van der Waals surface area (Å²) in [7, 11) is 1.88. The Labute approximate surface area is 69.7 Å². The van der Waals surface area contributed by atoms with Crippen LogP contribution in [0.3, 0.4) is 0 Å². The highest BCUT2D eigenvalue weighted by molar-refractivity contribution is 5.10. The average Bonchev–Trinajstić information content (AvgIpc) is 2.58. The predicted octanol–water partition coefficient (Wildman–Crippen LogP) is 0.309. The second-order valence-electron chi connectivity index (χ2n) is 2.64. The zero-order chi connectivity index (χ0) is 8.55. The lowest BCUT2D eigenvalue weighted by Gasteiger charge is -1.97. The number of nitrogens with zero attached hydrogens (tertiary/aromatic N) is 5. The summed E-state index contributed by atoms with van der Waals surface area (Å²) in [6, 6.07) is 1.93. The first kappa shape index (κ1) is 7.02. The van der Waals surface area contributed by atoms with Crippen molar-refractivity contribution in [1.82, 2.24) is 24.5 Å². The number of aryl methyl sites for hydroxylation is 2. The summed E-state index contributed by atoms with van der Waals surface area (Å²) < 4.78 is 3.51. The van der Waals surface area contributed by atoms with Crippen molar-refractivity contribution >= 4 is 0 Å². The third kappa shape index (κ3) is 0.990. The van der Waals surface area contributed by atoms with E-state index in [0.717, 1.165) is 11.6 Å². The Kier molecular flexibility index (Phi) is 1.43. The van der Waals surface area contributed by atoms with E-state index in [1.54, 1.807) is 11.0 Å². The van der Waals surface area contributed by atoms with Crippen LogP contribution < -0.4 is 0 Å². The summed E-state index contributed by atoms with van der Waals surface area (Å²) in [5, 5.41) is 11.9. The molecule has 2 aromatic heterocycles. The first-order chi connectivity index (χ1) is 5.77. The minimum atomic E-state index is 0.725. The van der Waals surface area contributed by atoms with Gasteiger partial charge in [-0.25, -0.2) is 4.68 Å². The van der Waals surface area contributed by atoms with Gasteiger partial charge in [0.1, 0.15) is 6.33 Å². The Morgan fingerprint density at radius 3 is 2.75 bits per heavy atom. The van der Waals surface area contributed by atoms with Crippen molar-refractivity contribution in [3.63, 3.8) is 0 Å². The van der Waals surface area contributed by atoms with E-state index in [4.69, 9.17) is 0 Å². The minimum Gasteiger partial charge on any atom is -0.301 e. The molecular formula is C7H9N5. The summed E-state index contributed by atoms with van der Waals surface area (Å²) >= 11 is 0. The van der Waals surface area contributed by atoms with Crippen molar-refractivity contribution in [2.45, 2.75) is 6.92 Å². The molecule has 5 heteroatoms. The van der Waals surface area contributed by atoms with Crippen LogP contribution in [0.5, 0.6) is 0 Å². The molecule has 0 saturated carbocycles. The Balaban J connectivity index is 2.50. The third-order valence-electron chi connectivity index (χ3n) is 1.61. The Hall–Kier alpha value is -1.65. The normalized spacial score (nSPS) is 10.5. The molecule has 2 heterocycles. The van der Waals surface area contributed by atoms with Gasteiger partial charge in [-0.3, -0.25) is 0 Å². The van der Waals surface area contributed by atoms with Crippen LogP contribution >= 0.6 is 0 Å². The van der Waals surface area contributed by atoms with Gasteiger partial charge in [-0.2, -0.15) is 5.10 Å². The van der Waals surface area contributed by atoms with Crippen LogP contribution in [-0.4, -0.2) is 24.5 Å². The van der Waals surface area contributed by atoms with Gasteiger partial charge in [0, 0.05) is 13.2 Å². The summed E-state index contributed by atoms with van der Waals surface area (Å²) in [5.74, 6) is 0.725. The maximum absolute atomic E-state index is 4.21. The lowest BCUT2D eigenvalue weighted by Crippen LogP contribution is -2.03. The van der Waals surface area contributed by atoms with Crippen molar-refractivity contribution in [3.8, 4) is 5.95 Å². The third-order valence-corrected chi connectivity index (χ3v) is 1.61. The number of rotatable bonds is 1. The van der Waals surface area contributed by atoms with Gasteiger partial charge in [0.25, 0.3) is 5.95 Å². The molecule has 62 valence electrons. The van der Waals surface area contributed by atoms with E-state index in [0.29, 0.717) is 0 Å². The molecule has 0 N–H and O–H groups in total. The van der Waals surface area contributed by atoms with Gasteiger partial charge in [-0.05, 0) is 13.0 Å². The SMILES string of the molecule is Cc1ccn(-c2nncn2C)n1. The summed E-state index contributed by atoms with van der Waals surface area (Å²) in [4.78, 5) is 0. The fourth-order valence-electron chi connectivity index (χ4n) is 1.01. The average molecular weight is 163 g/mol. The first-order valence-corrected chi connectivity index (χ1v) is 3.64. The first-order valence-electron chi connectivity index (χ1n) is 3.64. The molecule has 12 heavy (non-hydrogen) atoms. The van der Waals surface area contributed by atoms with Gasteiger partial charge < -0.3 is 4.57 Å². The van der Waals surface area contributed by atoms with Crippen LogP contribution in [0.15, 0.2) is 18.6 Å². The summed E-state index contributed by atoms with van der Waals surface area (Å²) in [5.41, 5.74) is 0.970. The standard InChI is InChI=1S/C7H9N5/c1-6-3-4-12(10-6)7-9-8-5-11(7)2/h3-5H,1-2H3. The molecule has 0 aliphatic carbocycles. The van der Waals surface area contributed by atoms with Crippen LogP contribution in [0.1, 0.15) is 5.69 Å². The fraction of sp³-hybridized carbons (Fsp3) is 0.286. The van der Waals surface area contributed by atoms with Crippen LogP contribution in [-0.2, 0) is 7.05 Å². The second-order valence-corrected chi connectivity index (χ2v) is 2.64. The molecule has 0 atom stereocenters. The van der Waals surface area contributed by atoms with E-state index < -0.39 is 0 Å². The molecule has 5 nitrogen and oxygen atoms in total. The van der Waals surface area contributed by atoms with E-state index in [9.17, 15) is 0 Å². The van der Waals surface area contributed by atoms with Crippen LogP contribution in [0.25, 0.3) is 5.95 Å². The van der Waals surface area contributed by atoms with Gasteiger partial charge in [0.05, 0.1) is 5.69 Å². The van der Waals surface area contributed by atoms with Crippen molar-refractivity contribution in [2.75, 3.05) is 0 Å². The molecule has 0 saturated heterocycles.